The van der Waals surface area contributed by atoms with Gasteiger partial charge in [0.25, 0.3) is 0 Å². The molecular weight excluding hydrogens is 206 g/mol. The van der Waals surface area contributed by atoms with Crippen LogP contribution in [0.15, 0.2) is 18.3 Å². The van der Waals surface area contributed by atoms with E-state index < -0.39 is 0 Å². The van der Waals surface area contributed by atoms with Gasteiger partial charge in [0.2, 0.25) is 5.95 Å². The van der Waals surface area contributed by atoms with Crippen molar-refractivity contribution in [3.63, 3.8) is 0 Å². The lowest BCUT2D eigenvalue weighted by molar-refractivity contribution is 0.292. The summed E-state index contributed by atoms with van der Waals surface area (Å²) in [7, 11) is 0. The molecule has 0 spiro atoms. The summed E-state index contributed by atoms with van der Waals surface area (Å²) in [6.45, 7) is 2.57. The van der Waals surface area contributed by atoms with Crippen LogP contribution in [0.2, 0.25) is 0 Å². The number of rotatable bonds is 4. The summed E-state index contributed by atoms with van der Waals surface area (Å²) < 4.78 is 5.32. The van der Waals surface area contributed by atoms with Gasteiger partial charge in [-0.2, -0.15) is 15.0 Å². The number of aromatic amines is 1. The number of hydrogen-bond acceptors (Lipinski definition) is 5. The maximum absolute atomic E-state index is 5.58. The Hall–Kier alpha value is -2.11. The average molecular weight is 219 g/mol. The molecule has 0 aliphatic rings. The minimum absolute atomic E-state index is 0.158. The molecule has 2 heterocycles. The summed E-state index contributed by atoms with van der Waals surface area (Å²) in [5, 5.41) is 0. The minimum Gasteiger partial charge on any atom is -0.463 e. The van der Waals surface area contributed by atoms with Crippen LogP contribution in [0, 0.1) is 0 Å². The largest absolute Gasteiger partial charge is 0.463 e. The number of nitrogens with zero attached hydrogens (tertiary/aromatic N) is 3. The average Bonchev–Trinajstić information content (AvgIpc) is 2.79. The van der Waals surface area contributed by atoms with Crippen molar-refractivity contribution >= 4 is 5.95 Å². The summed E-state index contributed by atoms with van der Waals surface area (Å²) in [6, 6.07) is 3.99. The van der Waals surface area contributed by atoms with Crippen molar-refractivity contribution in [3.8, 4) is 17.5 Å². The van der Waals surface area contributed by atoms with Crippen molar-refractivity contribution in [2.45, 2.75) is 13.3 Å². The quantitative estimate of drug-likeness (QED) is 0.807. The third kappa shape index (κ3) is 2.28. The molecule has 0 fully saturated rings. The molecule has 0 aliphatic carbocycles. The van der Waals surface area contributed by atoms with Gasteiger partial charge in [0.05, 0.1) is 12.3 Å². The van der Waals surface area contributed by atoms with E-state index in [-0.39, 0.29) is 12.0 Å². The maximum atomic E-state index is 5.58. The molecule has 0 amide bonds. The van der Waals surface area contributed by atoms with E-state index >= 15 is 0 Å². The molecule has 3 N–H and O–H groups in total. The van der Waals surface area contributed by atoms with E-state index in [0.29, 0.717) is 12.4 Å². The van der Waals surface area contributed by atoms with Gasteiger partial charge in [-0.3, -0.25) is 0 Å². The highest BCUT2D eigenvalue weighted by Gasteiger charge is 2.07. The number of anilines is 1. The molecule has 0 bridgehead atoms. The van der Waals surface area contributed by atoms with Crippen LogP contribution >= 0.6 is 0 Å². The Labute approximate surface area is 92.9 Å². The smallest absolute Gasteiger partial charge is 0.321 e. The molecule has 6 nitrogen and oxygen atoms in total. The second-order valence-electron chi connectivity index (χ2n) is 3.23. The zero-order valence-corrected chi connectivity index (χ0v) is 8.97. The van der Waals surface area contributed by atoms with Gasteiger partial charge in [0.15, 0.2) is 5.82 Å². The lowest BCUT2D eigenvalue weighted by Crippen LogP contribution is -2.05. The summed E-state index contributed by atoms with van der Waals surface area (Å²) >= 11 is 0. The second-order valence-corrected chi connectivity index (χ2v) is 3.23. The van der Waals surface area contributed by atoms with Crippen LogP contribution in [-0.2, 0) is 0 Å². The molecule has 84 valence electrons. The van der Waals surface area contributed by atoms with Crippen molar-refractivity contribution in [2.24, 2.45) is 0 Å². The molecule has 2 aromatic rings. The second kappa shape index (κ2) is 4.61. The predicted octanol–water partition coefficient (Wildman–Crippen LogP) is 1.24. The van der Waals surface area contributed by atoms with E-state index in [9.17, 15) is 0 Å². The molecule has 0 aromatic carbocycles. The first-order valence-corrected chi connectivity index (χ1v) is 5.07. The molecule has 0 radical (unpaired) electrons. The monoisotopic (exact) mass is 219 g/mol. The normalized spacial score (nSPS) is 10.3. The van der Waals surface area contributed by atoms with Crippen molar-refractivity contribution in [3.05, 3.63) is 18.3 Å². The van der Waals surface area contributed by atoms with Gasteiger partial charge in [-0.25, -0.2) is 0 Å². The zero-order valence-electron chi connectivity index (χ0n) is 8.97. The third-order valence-electron chi connectivity index (χ3n) is 1.91. The van der Waals surface area contributed by atoms with Crippen LogP contribution < -0.4 is 10.5 Å². The van der Waals surface area contributed by atoms with E-state index in [2.05, 4.69) is 19.9 Å². The number of aromatic nitrogens is 4. The molecule has 6 heteroatoms. The standard InChI is InChI=1S/C10H13N5O/c1-2-6-16-10-14-8(13-9(11)15-10)7-4-3-5-12-7/h3-5,12H,2,6H2,1H3,(H2,11,13,14,15). The maximum Gasteiger partial charge on any atom is 0.321 e. The van der Waals surface area contributed by atoms with Gasteiger partial charge in [-0.1, -0.05) is 6.92 Å². The molecule has 0 saturated carbocycles. The Bertz CT molecular complexity index is 454. The molecule has 0 unspecified atom stereocenters. The van der Waals surface area contributed by atoms with Crippen LogP contribution in [0.5, 0.6) is 6.01 Å². The number of nitrogens with two attached hydrogens (primary N) is 1. The van der Waals surface area contributed by atoms with Gasteiger partial charge in [-0.15, -0.1) is 0 Å². The molecule has 0 aliphatic heterocycles. The topological polar surface area (TPSA) is 89.7 Å². The number of nitrogen functional groups attached to an aromatic ring is 1. The number of ether oxygens (including phenoxy) is 1. The minimum atomic E-state index is 0.158. The highest BCUT2D eigenvalue weighted by atomic mass is 16.5. The van der Waals surface area contributed by atoms with Crippen molar-refractivity contribution < 1.29 is 4.74 Å². The Morgan fingerprint density at radius 1 is 1.38 bits per heavy atom. The van der Waals surface area contributed by atoms with Gasteiger partial charge in [0.1, 0.15) is 0 Å². The first-order valence-electron chi connectivity index (χ1n) is 5.07. The van der Waals surface area contributed by atoms with E-state index in [1.54, 1.807) is 6.20 Å². The Morgan fingerprint density at radius 3 is 2.94 bits per heavy atom. The molecule has 0 saturated heterocycles. The van der Waals surface area contributed by atoms with Crippen molar-refractivity contribution in [2.75, 3.05) is 12.3 Å². The Balaban J connectivity index is 2.29. The molecule has 2 aromatic heterocycles. The third-order valence-corrected chi connectivity index (χ3v) is 1.91. The fourth-order valence-corrected chi connectivity index (χ4v) is 1.22. The van der Waals surface area contributed by atoms with Crippen LogP contribution in [0.4, 0.5) is 5.95 Å². The van der Waals surface area contributed by atoms with E-state index in [1.807, 2.05) is 19.1 Å². The molecule has 16 heavy (non-hydrogen) atoms. The fourth-order valence-electron chi connectivity index (χ4n) is 1.22. The first-order chi connectivity index (χ1) is 7.79. The highest BCUT2D eigenvalue weighted by molar-refractivity contribution is 5.50. The van der Waals surface area contributed by atoms with Crippen LogP contribution in [0.1, 0.15) is 13.3 Å². The fraction of sp³-hybridized carbons (Fsp3) is 0.300. The summed E-state index contributed by atoms with van der Waals surface area (Å²) in [5.74, 6) is 0.648. The van der Waals surface area contributed by atoms with E-state index in [1.165, 1.54) is 0 Å². The number of hydrogen-bond donors (Lipinski definition) is 2. The molecule has 2 rings (SSSR count). The van der Waals surface area contributed by atoms with Crippen LogP contribution in [0.25, 0.3) is 11.5 Å². The van der Waals surface area contributed by atoms with Gasteiger partial charge < -0.3 is 15.5 Å². The molecular formula is C10H13N5O. The lowest BCUT2D eigenvalue weighted by Gasteiger charge is -2.04. The number of nitrogens with one attached hydrogen (secondary N) is 1. The van der Waals surface area contributed by atoms with Crippen molar-refractivity contribution in [1.82, 2.24) is 19.9 Å². The zero-order chi connectivity index (χ0) is 11.4. The summed E-state index contributed by atoms with van der Waals surface area (Å²) in [4.78, 5) is 15.1. The summed E-state index contributed by atoms with van der Waals surface area (Å²) in [5.41, 5.74) is 6.37. The van der Waals surface area contributed by atoms with Crippen LogP contribution in [-0.4, -0.2) is 26.5 Å². The van der Waals surface area contributed by atoms with Gasteiger partial charge >= 0.3 is 6.01 Å². The lowest BCUT2D eigenvalue weighted by atomic mass is 10.4. The summed E-state index contributed by atoms with van der Waals surface area (Å²) in [6.07, 6.45) is 2.69. The van der Waals surface area contributed by atoms with Gasteiger partial charge in [-0.05, 0) is 18.6 Å². The Morgan fingerprint density at radius 2 is 2.25 bits per heavy atom. The van der Waals surface area contributed by atoms with Crippen LogP contribution in [0.3, 0.4) is 0 Å². The van der Waals surface area contributed by atoms with Gasteiger partial charge in [0, 0.05) is 6.20 Å². The molecule has 0 atom stereocenters. The Kier molecular flexibility index (Phi) is 3.00. The predicted molar refractivity (Wildman–Crippen MR) is 59.8 cm³/mol. The first kappa shape index (κ1) is 10.4. The highest BCUT2D eigenvalue weighted by Crippen LogP contribution is 2.15. The van der Waals surface area contributed by atoms with E-state index in [4.69, 9.17) is 10.5 Å². The van der Waals surface area contributed by atoms with Crippen molar-refractivity contribution in [1.29, 1.82) is 0 Å². The number of H-pyrrole nitrogens is 1. The van der Waals surface area contributed by atoms with E-state index in [0.717, 1.165) is 12.1 Å². The SMILES string of the molecule is CCCOc1nc(N)nc(-c2ccc[nH]2)n1.